The molecule has 0 spiro atoms. The fourth-order valence-corrected chi connectivity index (χ4v) is 4.44. The number of hydrogen-bond acceptors (Lipinski definition) is 3. The van der Waals surface area contributed by atoms with Crippen LogP contribution in [0.4, 0.5) is 5.69 Å². The first-order valence-electron chi connectivity index (χ1n) is 9.52. The summed E-state index contributed by atoms with van der Waals surface area (Å²) in [5.74, 6) is -0.535. The van der Waals surface area contributed by atoms with Crippen molar-refractivity contribution in [2.24, 2.45) is 0 Å². The Labute approximate surface area is 201 Å². The molecule has 2 amide bonds. The lowest BCUT2D eigenvalue weighted by atomic mass is 10.1. The van der Waals surface area contributed by atoms with E-state index in [2.05, 4.69) is 11.9 Å². The minimum atomic E-state index is -0.710. The number of rotatable bonds is 8. The van der Waals surface area contributed by atoms with Gasteiger partial charge in [-0.1, -0.05) is 53.0 Å². The first-order valence-corrected chi connectivity index (χ1v) is 11.1. The molecule has 0 saturated carbocycles. The second-order valence-corrected chi connectivity index (χ2v) is 8.62. The number of nitrogens with one attached hydrogen (secondary N) is 1. The summed E-state index contributed by atoms with van der Waals surface area (Å²) in [6.07, 6.45) is 2.10. The quantitative estimate of drug-likeness (QED) is 0.403. The normalized spacial score (nSPS) is 16.0. The topological polar surface area (TPSA) is 52.7 Å². The molecule has 0 bridgehead atoms. The van der Waals surface area contributed by atoms with E-state index in [1.54, 1.807) is 47.4 Å². The lowest BCUT2D eigenvalue weighted by Gasteiger charge is -2.24. The number of anilines is 1. The van der Waals surface area contributed by atoms with E-state index >= 15 is 0 Å². The van der Waals surface area contributed by atoms with Gasteiger partial charge >= 0.3 is 0 Å². The van der Waals surface area contributed by atoms with Gasteiger partial charge in [-0.2, -0.15) is 0 Å². The largest absolute Gasteiger partial charge is 0.336 e. The number of amides is 2. The Morgan fingerprint density at radius 3 is 2.58 bits per heavy atom. The summed E-state index contributed by atoms with van der Waals surface area (Å²) < 4.78 is 0. The summed E-state index contributed by atoms with van der Waals surface area (Å²) in [7, 11) is 0. The fourth-order valence-electron chi connectivity index (χ4n) is 3.36. The van der Waals surface area contributed by atoms with Gasteiger partial charge in [-0.15, -0.1) is 6.58 Å². The van der Waals surface area contributed by atoms with E-state index < -0.39 is 6.04 Å². The second kappa shape index (κ2) is 10.5. The zero-order chi connectivity index (χ0) is 22.5. The Morgan fingerprint density at radius 1 is 1.16 bits per heavy atom. The molecule has 31 heavy (non-hydrogen) atoms. The zero-order valence-electron chi connectivity index (χ0n) is 16.5. The van der Waals surface area contributed by atoms with Gasteiger partial charge in [0.2, 0.25) is 5.91 Å². The summed E-state index contributed by atoms with van der Waals surface area (Å²) in [6.45, 7) is 4.39. The zero-order valence-corrected chi connectivity index (χ0v) is 19.6. The van der Waals surface area contributed by atoms with E-state index in [0.717, 1.165) is 5.56 Å². The third kappa shape index (κ3) is 5.77. The number of nitrogens with zero attached hydrogens (tertiary/aromatic N) is 2. The molecule has 3 rings (SSSR count). The molecular weight excluding hydrogens is 477 g/mol. The third-order valence-corrected chi connectivity index (χ3v) is 6.12. The van der Waals surface area contributed by atoms with Gasteiger partial charge in [-0.3, -0.25) is 14.5 Å². The highest BCUT2D eigenvalue weighted by Gasteiger charge is 2.42. The molecule has 1 unspecified atom stereocenters. The van der Waals surface area contributed by atoms with Crippen molar-refractivity contribution in [1.82, 2.24) is 9.80 Å². The number of thiocarbonyl (C=S) groups is 1. The molecule has 2 aromatic carbocycles. The minimum Gasteiger partial charge on any atom is -0.336 e. The number of carbonyl (C=O) groups is 2. The highest BCUT2D eigenvalue weighted by Crippen LogP contribution is 2.25. The SMILES string of the molecule is C=CCN1C(=O)C(CC(=O)Nc2cccc(Cl)c2)N(CCc2ccc(Cl)cc2Cl)C1=S. The summed E-state index contributed by atoms with van der Waals surface area (Å²) in [4.78, 5) is 28.9. The standard InChI is InChI=1S/C22H20Cl3N3O2S/c1-2-9-28-21(30)19(13-20(29)26-17-5-3-4-15(23)11-17)27(22(28)31)10-8-14-6-7-16(24)12-18(14)25/h2-7,11-12,19H,1,8-10,13H2,(H,26,29). The van der Waals surface area contributed by atoms with Crippen LogP contribution in [0.3, 0.4) is 0 Å². The molecule has 1 N–H and O–H groups in total. The molecule has 1 atom stereocenters. The Bertz CT molecular complexity index is 1030. The van der Waals surface area contributed by atoms with Gasteiger partial charge in [-0.05, 0) is 54.5 Å². The predicted octanol–water partition coefficient (Wildman–Crippen LogP) is 5.20. The van der Waals surface area contributed by atoms with Crippen molar-refractivity contribution in [1.29, 1.82) is 0 Å². The number of benzene rings is 2. The number of halogens is 3. The Hall–Kier alpha value is -2.12. The summed E-state index contributed by atoms with van der Waals surface area (Å²) in [6, 6.07) is 11.4. The third-order valence-electron chi connectivity index (χ3n) is 4.84. The van der Waals surface area contributed by atoms with Gasteiger partial charge in [0.15, 0.2) is 5.11 Å². The van der Waals surface area contributed by atoms with Crippen LogP contribution in [-0.2, 0) is 16.0 Å². The number of carbonyl (C=O) groups excluding carboxylic acids is 2. The first-order chi connectivity index (χ1) is 14.8. The summed E-state index contributed by atoms with van der Waals surface area (Å²) in [5, 5.41) is 4.75. The molecule has 1 aliphatic heterocycles. The molecule has 0 aliphatic carbocycles. The van der Waals surface area contributed by atoms with Crippen LogP contribution in [0.25, 0.3) is 0 Å². The summed E-state index contributed by atoms with van der Waals surface area (Å²) in [5.41, 5.74) is 1.44. The van der Waals surface area contributed by atoms with Crippen LogP contribution in [0.1, 0.15) is 12.0 Å². The maximum absolute atomic E-state index is 13.0. The minimum absolute atomic E-state index is 0.0481. The van der Waals surface area contributed by atoms with E-state index in [9.17, 15) is 9.59 Å². The monoisotopic (exact) mass is 495 g/mol. The van der Waals surface area contributed by atoms with Gasteiger partial charge < -0.3 is 10.2 Å². The van der Waals surface area contributed by atoms with Crippen LogP contribution < -0.4 is 5.32 Å². The van der Waals surface area contributed by atoms with Crippen molar-refractivity contribution >= 4 is 69.6 Å². The van der Waals surface area contributed by atoms with Gasteiger partial charge in [0.1, 0.15) is 6.04 Å². The molecule has 5 nitrogen and oxygen atoms in total. The molecule has 9 heteroatoms. The van der Waals surface area contributed by atoms with Gasteiger partial charge in [-0.25, -0.2) is 0 Å². The van der Waals surface area contributed by atoms with E-state index in [4.69, 9.17) is 47.0 Å². The van der Waals surface area contributed by atoms with E-state index in [0.29, 0.717) is 38.8 Å². The molecule has 1 aliphatic rings. The number of hydrogen-bond donors (Lipinski definition) is 1. The fraction of sp³-hybridized carbons (Fsp3) is 0.227. The van der Waals surface area contributed by atoms with E-state index in [1.807, 2.05) is 6.07 Å². The van der Waals surface area contributed by atoms with Crippen LogP contribution in [0, 0.1) is 0 Å². The van der Waals surface area contributed by atoms with Crippen molar-refractivity contribution in [2.75, 3.05) is 18.4 Å². The maximum atomic E-state index is 13.0. The van der Waals surface area contributed by atoms with Crippen LogP contribution >= 0.6 is 47.0 Å². The van der Waals surface area contributed by atoms with E-state index in [1.165, 1.54) is 4.90 Å². The second-order valence-electron chi connectivity index (χ2n) is 6.98. The van der Waals surface area contributed by atoms with Crippen molar-refractivity contribution in [3.05, 3.63) is 75.8 Å². The van der Waals surface area contributed by atoms with Gasteiger partial charge in [0.05, 0.1) is 6.42 Å². The lowest BCUT2D eigenvalue weighted by molar-refractivity contribution is -0.130. The predicted molar refractivity (Wildman–Crippen MR) is 130 cm³/mol. The highest BCUT2D eigenvalue weighted by atomic mass is 35.5. The average Bonchev–Trinajstić information content (AvgIpc) is 2.92. The smallest absolute Gasteiger partial charge is 0.252 e. The van der Waals surface area contributed by atoms with Gasteiger partial charge in [0, 0.05) is 33.8 Å². The Balaban J connectivity index is 1.75. The van der Waals surface area contributed by atoms with Gasteiger partial charge in [0.25, 0.3) is 5.91 Å². The Kier molecular flexibility index (Phi) is 7.94. The average molecular weight is 497 g/mol. The molecule has 1 fully saturated rings. The van der Waals surface area contributed by atoms with Crippen molar-refractivity contribution < 1.29 is 9.59 Å². The van der Waals surface area contributed by atoms with Crippen LogP contribution in [0.2, 0.25) is 15.1 Å². The van der Waals surface area contributed by atoms with Crippen molar-refractivity contribution in [2.45, 2.75) is 18.9 Å². The van der Waals surface area contributed by atoms with Crippen LogP contribution in [0.5, 0.6) is 0 Å². The highest BCUT2D eigenvalue weighted by molar-refractivity contribution is 7.80. The molecule has 1 saturated heterocycles. The van der Waals surface area contributed by atoms with Crippen LogP contribution in [-0.4, -0.2) is 45.9 Å². The molecule has 0 radical (unpaired) electrons. The van der Waals surface area contributed by atoms with E-state index in [-0.39, 0.29) is 24.8 Å². The lowest BCUT2D eigenvalue weighted by Crippen LogP contribution is -2.39. The van der Waals surface area contributed by atoms with Crippen molar-refractivity contribution in [3.8, 4) is 0 Å². The van der Waals surface area contributed by atoms with Crippen molar-refractivity contribution in [3.63, 3.8) is 0 Å². The molecule has 2 aromatic rings. The Morgan fingerprint density at radius 2 is 1.90 bits per heavy atom. The molecular formula is C22H20Cl3N3O2S. The summed E-state index contributed by atoms with van der Waals surface area (Å²) >= 11 is 23.8. The van der Waals surface area contributed by atoms with Crippen LogP contribution in [0.15, 0.2) is 55.1 Å². The first kappa shape index (κ1) is 23.5. The molecule has 1 heterocycles. The molecule has 0 aromatic heterocycles. The molecule has 162 valence electrons. The maximum Gasteiger partial charge on any atom is 0.252 e.